The van der Waals surface area contributed by atoms with Crippen LogP contribution in [0.25, 0.3) is 5.69 Å². The number of morpholine rings is 1. The maximum Gasteiger partial charge on any atom is 0.259 e. The lowest BCUT2D eigenvalue weighted by atomic mass is 10.1. The fraction of sp³-hybridized carbons (Fsp3) is 0.273. The second-order valence-electron chi connectivity index (χ2n) is 6.85. The van der Waals surface area contributed by atoms with Gasteiger partial charge in [-0.15, -0.1) is 0 Å². The van der Waals surface area contributed by atoms with Crippen LogP contribution in [-0.2, 0) is 11.2 Å². The Bertz CT molecular complexity index is 977. The van der Waals surface area contributed by atoms with Crippen molar-refractivity contribution in [3.05, 3.63) is 71.8 Å². The Kier molecular flexibility index (Phi) is 5.57. The molecule has 4 rings (SSSR count). The summed E-state index contributed by atoms with van der Waals surface area (Å²) in [5, 5.41) is 7.28. The number of ether oxygens (including phenoxy) is 1. The quantitative estimate of drug-likeness (QED) is 0.718. The molecule has 2 heterocycles. The number of carbonyl (C=O) groups excluding carboxylic acids is 1. The predicted molar refractivity (Wildman–Crippen MR) is 110 cm³/mol. The molecule has 150 valence electrons. The van der Waals surface area contributed by atoms with Crippen LogP contribution in [0.5, 0.6) is 0 Å². The predicted octanol–water partition coefficient (Wildman–Crippen LogP) is 3.66. The van der Waals surface area contributed by atoms with Gasteiger partial charge in [-0.05, 0) is 55.0 Å². The molecule has 7 heteroatoms. The summed E-state index contributed by atoms with van der Waals surface area (Å²) in [6, 6.07) is 13.9. The highest BCUT2D eigenvalue weighted by molar-refractivity contribution is 6.05. The minimum atomic E-state index is -0.308. The topological polar surface area (TPSA) is 59.4 Å². The van der Waals surface area contributed by atoms with Crippen LogP contribution in [0.3, 0.4) is 0 Å². The van der Waals surface area contributed by atoms with Gasteiger partial charge in [0.15, 0.2) is 0 Å². The highest BCUT2D eigenvalue weighted by Crippen LogP contribution is 2.21. The van der Waals surface area contributed by atoms with E-state index in [-0.39, 0.29) is 11.7 Å². The summed E-state index contributed by atoms with van der Waals surface area (Å²) in [7, 11) is 0. The summed E-state index contributed by atoms with van der Waals surface area (Å²) in [5.41, 5.74) is 3.85. The van der Waals surface area contributed by atoms with Gasteiger partial charge in [0.1, 0.15) is 5.82 Å². The molecule has 3 aromatic rings. The molecule has 1 aromatic heterocycles. The second-order valence-corrected chi connectivity index (χ2v) is 6.85. The van der Waals surface area contributed by atoms with Crippen molar-refractivity contribution in [2.75, 3.05) is 36.5 Å². The van der Waals surface area contributed by atoms with Crippen LogP contribution in [0, 0.1) is 5.82 Å². The van der Waals surface area contributed by atoms with Gasteiger partial charge < -0.3 is 15.0 Å². The fourth-order valence-corrected chi connectivity index (χ4v) is 3.48. The number of hydrogen-bond acceptors (Lipinski definition) is 4. The summed E-state index contributed by atoms with van der Waals surface area (Å²) in [6.45, 7) is 5.17. The molecule has 2 aromatic carbocycles. The van der Waals surface area contributed by atoms with E-state index in [2.05, 4.69) is 15.3 Å². The fourth-order valence-electron chi connectivity index (χ4n) is 3.48. The first-order valence-electron chi connectivity index (χ1n) is 9.72. The van der Waals surface area contributed by atoms with E-state index < -0.39 is 0 Å². The molecule has 0 radical (unpaired) electrons. The van der Waals surface area contributed by atoms with Gasteiger partial charge in [0.05, 0.1) is 36.4 Å². The average molecular weight is 394 g/mol. The number of amides is 1. The number of hydrogen-bond donors (Lipinski definition) is 1. The average Bonchev–Trinajstić information content (AvgIpc) is 3.20. The molecule has 1 fully saturated rings. The summed E-state index contributed by atoms with van der Waals surface area (Å²) in [4.78, 5) is 15.1. The molecule has 0 bridgehead atoms. The van der Waals surface area contributed by atoms with Gasteiger partial charge in [0.2, 0.25) is 0 Å². The molecule has 0 unspecified atom stereocenters. The summed E-state index contributed by atoms with van der Waals surface area (Å²) in [5.74, 6) is -0.521. The van der Waals surface area contributed by atoms with Gasteiger partial charge in [-0.3, -0.25) is 4.79 Å². The molecule has 1 aliphatic rings. The van der Waals surface area contributed by atoms with Crippen molar-refractivity contribution in [2.24, 2.45) is 0 Å². The number of halogens is 1. The van der Waals surface area contributed by atoms with Crippen molar-refractivity contribution in [2.45, 2.75) is 13.3 Å². The molecule has 1 N–H and O–H groups in total. The zero-order valence-corrected chi connectivity index (χ0v) is 16.3. The highest BCUT2D eigenvalue weighted by atomic mass is 19.1. The van der Waals surface area contributed by atoms with Gasteiger partial charge in [0.25, 0.3) is 5.91 Å². The van der Waals surface area contributed by atoms with Gasteiger partial charge in [-0.2, -0.15) is 5.10 Å². The van der Waals surface area contributed by atoms with Crippen LogP contribution >= 0.6 is 0 Å². The molecule has 0 saturated carbocycles. The third-order valence-corrected chi connectivity index (χ3v) is 5.02. The van der Waals surface area contributed by atoms with Gasteiger partial charge >= 0.3 is 0 Å². The van der Waals surface area contributed by atoms with Crippen molar-refractivity contribution < 1.29 is 13.9 Å². The molecular formula is C22H23FN4O2. The lowest BCUT2D eigenvalue weighted by Gasteiger charge is -2.28. The number of rotatable bonds is 5. The smallest absolute Gasteiger partial charge is 0.259 e. The van der Waals surface area contributed by atoms with Gasteiger partial charge in [0, 0.05) is 24.5 Å². The molecule has 0 aliphatic carbocycles. The van der Waals surface area contributed by atoms with E-state index in [0.717, 1.165) is 49.1 Å². The van der Waals surface area contributed by atoms with Crippen LogP contribution in [0.2, 0.25) is 0 Å². The summed E-state index contributed by atoms with van der Waals surface area (Å²) in [6.07, 6.45) is 2.18. The van der Waals surface area contributed by atoms with E-state index in [4.69, 9.17) is 4.74 Å². The Morgan fingerprint density at radius 3 is 2.38 bits per heavy atom. The number of aromatic nitrogens is 2. The molecule has 1 saturated heterocycles. The first-order valence-corrected chi connectivity index (χ1v) is 9.72. The van der Waals surface area contributed by atoms with Crippen LogP contribution < -0.4 is 10.2 Å². The SMILES string of the molecule is CCc1c(C(=O)Nc2ccc(N3CCOCC3)cc2)cnn1-c1ccc(F)cc1. The van der Waals surface area contributed by atoms with E-state index >= 15 is 0 Å². The van der Waals surface area contributed by atoms with Crippen LogP contribution in [-0.4, -0.2) is 42.0 Å². The Labute approximate surface area is 168 Å². The van der Waals surface area contributed by atoms with Crippen LogP contribution in [0.1, 0.15) is 23.0 Å². The van der Waals surface area contributed by atoms with Crippen molar-refractivity contribution in [1.29, 1.82) is 0 Å². The van der Waals surface area contributed by atoms with Crippen molar-refractivity contribution in [3.8, 4) is 5.69 Å². The maximum atomic E-state index is 13.2. The molecule has 6 nitrogen and oxygen atoms in total. The summed E-state index contributed by atoms with van der Waals surface area (Å²) < 4.78 is 20.3. The Morgan fingerprint density at radius 1 is 1.07 bits per heavy atom. The lowest BCUT2D eigenvalue weighted by molar-refractivity contribution is 0.102. The van der Waals surface area contributed by atoms with Crippen molar-refractivity contribution in [1.82, 2.24) is 9.78 Å². The lowest BCUT2D eigenvalue weighted by Crippen LogP contribution is -2.36. The standard InChI is InChI=1S/C22H23FN4O2/c1-2-21-20(15-24-27(21)19-7-3-16(23)4-8-19)22(28)25-17-5-9-18(10-6-17)26-11-13-29-14-12-26/h3-10,15H,2,11-14H2,1H3,(H,25,28). The molecule has 0 atom stereocenters. The third kappa shape index (κ3) is 4.14. The Morgan fingerprint density at radius 2 is 1.72 bits per heavy atom. The third-order valence-electron chi connectivity index (χ3n) is 5.02. The first-order chi connectivity index (χ1) is 14.2. The Hall–Kier alpha value is -3.19. The number of anilines is 2. The molecule has 1 amide bonds. The monoisotopic (exact) mass is 394 g/mol. The molecule has 1 aliphatic heterocycles. The van der Waals surface area contributed by atoms with E-state index in [9.17, 15) is 9.18 Å². The zero-order valence-electron chi connectivity index (χ0n) is 16.3. The molecule has 29 heavy (non-hydrogen) atoms. The molecular weight excluding hydrogens is 371 g/mol. The number of nitrogens with one attached hydrogen (secondary N) is 1. The maximum absolute atomic E-state index is 13.2. The van der Waals surface area contributed by atoms with Gasteiger partial charge in [-0.1, -0.05) is 6.92 Å². The second kappa shape index (κ2) is 8.45. The van der Waals surface area contributed by atoms with Gasteiger partial charge in [-0.25, -0.2) is 9.07 Å². The van der Waals surface area contributed by atoms with Crippen LogP contribution in [0.4, 0.5) is 15.8 Å². The molecule has 0 spiro atoms. The highest BCUT2D eigenvalue weighted by Gasteiger charge is 2.18. The Balaban J connectivity index is 1.50. The number of nitrogens with zero attached hydrogens (tertiary/aromatic N) is 3. The van der Waals surface area contributed by atoms with E-state index in [1.165, 1.54) is 12.1 Å². The summed E-state index contributed by atoms with van der Waals surface area (Å²) >= 11 is 0. The normalized spacial score (nSPS) is 14.1. The minimum Gasteiger partial charge on any atom is -0.378 e. The minimum absolute atomic E-state index is 0.214. The van der Waals surface area contributed by atoms with E-state index in [1.807, 2.05) is 31.2 Å². The first kappa shape index (κ1) is 19.1. The van der Waals surface area contributed by atoms with E-state index in [1.54, 1.807) is 23.0 Å². The number of carbonyl (C=O) groups is 1. The largest absolute Gasteiger partial charge is 0.378 e. The number of benzene rings is 2. The van der Waals surface area contributed by atoms with Crippen LogP contribution in [0.15, 0.2) is 54.7 Å². The zero-order chi connectivity index (χ0) is 20.2. The van der Waals surface area contributed by atoms with Crippen molar-refractivity contribution >= 4 is 17.3 Å². The van der Waals surface area contributed by atoms with Crippen molar-refractivity contribution in [3.63, 3.8) is 0 Å². The van der Waals surface area contributed by atoms with E-state index in [0.29, 0.717) is 12.0 Å².